The Morgan fingerprint density at radius 3 is 1.42 bits per heavy atom. The molecule has 3 amide bonds. The Bertz CT molecular complexity index is 3100. The van der Waals surface area contributed by atoms with Crippen molar-refractivity contribution in [3.63, 3.8) is 0 Å². The molecule has 0 bridgehead atoms. The molecule has 15 nitrogen and oxygen atoms in total. The highest BCUT2D eigenvalue weighted by atomic mass is 79.9. The normalized spacial score (nSPS) is 18.4. The molecule has 3 aromatic heterocycles. The molecule has 0 aliphatic heterocycles. The molecule has 3 fully saturated rings. The van der Waals surface area contributed by atoms with Crippen LogP contribution in [0.1, 0.15) is 254 Å². The van der Waals surface area contributed by atoms with Crippen molar-refractivity contribution in [2.24, 2.45) is 5.92 Å². The van der Waals surface area contributed by atoms with Gasteiger partial charge in [-0.15, -0.1) is 0 Å². The summed E-state index contributed by atoms with van der Waals surface area (Å²) in [5.41, 5.74) is 11.8. The number of nitrogens with zero attached hydrogens (tertiary/aromatic N) is 6. The predicted octanol–water partition coefficient (Wildman–Crippen LogP) is 12.9. The molecular formula is C68H90BrN9O6. The number of hydrogen-bond acceptors (Lipinski definition) is 9. The highest BCUT2D eigenvalue weighted by Gasteiger charge is 2.32. The van der Waals surface area contributed by atoms with Crippen LogP contribution in [0.5, 0.6) is 5.75 Å². The van der Waals surface area contributed by atoms with Crippen molar-refractivity contribution in [3.8, 4) is 5.75 Å². The van der Waals surface area contributed by atoms with E-state index in [4.69, 9.17) is 20.0 Å². The van der Waals surface area contributed by atoms with Gasteiger partial charge in [-0.25, -0.2) is 0 Å². The molecule has 84 heavy (non-hydrogen) atoms. The first-order valence-electron chi connectivity index (χ1n) is 32.0. The summed E-state index contributed by atoms with van der Waals surface area (Å²) in [5, 5.41) is 44.3. The number of amides is 3. The van der Waals surface area contributed by atoms with Crippen molar-refractivity contribution >= 4 is 33.7 Å². The summed E-state index contributed by atoms with van der Waals surface area (Å²) in [5.74, 6) is 1.07. The summed E-state index contributed by atoms with van der Waals surface area (Å²) in [6, 6.07) is 26.2. The van der Waals surface area contributed by atoms with E-state index in [9.17, 15) is 24.6 Å². The van der Waals surface area contributed by atoms with Gasteiger partial charge in [0.1, 0.15) is 5.75 Å². The number of benzene rings is 3. The molecule has 0 spiro atoms. The van der Waals surface area contributed by atoms with E-state index in [-0.39, 0.29) is 36.9 Å². The molecule has 3 heterocycles. The molecule has 16 heteroatoms. The molecule has 3 saturated carbocycles. The standard InChI is InChI=1S/C23H31N3O3.C23H31N3O.C22H28BrN3O2/c1-29-18-13-11-16(12-14-18)21(27)15-24-23(28)22-19-9-5-6-10-20(19)26(25-22)17-7-3-2-4-8-17;1-17(19-12-6-3-7-13-19)26-21-15-9-8-14-20(21)22(25-26)23(27)24-16-18-10-4-2-5-11-18;23-16-12-10-15(11-13-16)20(27)14-24-22(28)21-18-8-4-5-9-19(18)26(25-21)17-6-2-1-3-7-17/h11-14,17,21,27H,2-10,15H2,1H3,(H,24,28);3,6-7,12-13,17-18H,2,4-5,8-11,14-16H2,1H3,(H,24,27);10-13,17,20,27H,1-9,14H2,(H,24,28). The smallest absolute Gasteiger partial charge is 0.272 e. The first-order valence-corrected chi connectivity index (χ1v) is 32.8. The third-order valence-corrected chi connectivity index (χ3v) is 19.2. The van der Waals surface area contributed by atoms with Gasteiger partial charge in [0.05, 0.1) is 37.4 Å². The third kappa shape index (κ3) is 15.1. The predicted molar refractivity (Wildman–Crippen MR) is 332 cm³/mol. The van der Waals surface area contributed by atoms with Crippen LogP contribution < -0.4 is 20.7 Å². The van der Waals surface area contributed by atoms with E-state index in [1.807, 2.05) is 54.6 Å². The second kappa shape index (κ2) is 29.8. The Morgan fingerprint density at radius 1 is 0.512 bits per heavy atom. The Morgan fingerprint density at radius 2 is 0.929 bits per heavy atom. The van der Waals surface area contributed by atoms with Crippen LogP contribution in [0.25, 0.3) is 0 Å². The maximum Gasteiger partial charge on any atom is 0.272 e. The number of carbonyl (C=O) groups excluding carboxylic acids is 3. The van der Waals surface area contributed by atoms with Gasteiger partial charge in [-0.2, -0.15) is 15.3 Å². The minimum Gasteiger partial charge on any atom is -0.497 e. The van der Waals surface area contributed by atoms with E-state index in [1.165, 1.54) is 118 Å². The van der Waals surface area contributed by atoms with Crippen LogP contribution in [0, 0.1) is 5.92 Å². The SMILES string of the molecule is CC(c1ccccc1)n1nc(C(=O)NCC2CCCCC2)c2c1CCCC2.COc1ccc(C(O)CNC(=O)c2nn(C3CCCCC3)c3c2CCCC3)cc1.O=C(NCC(O)c1ccc(Br)cc1)c1nn(C2CCCCC2)c2c1CCCC2. The molecule has 3 unspecified atom stereocenters. The van der Waals surface area contributed by atoms with Gasteiger partial charge in [-0.05, 0) is 169 Å². The van der Waals surface area contributed by atoms with Crippen LogP contribution in [-0.2, 0) is 38.5 Å². The zero-order valence-electron chi connectivity index (χ0n) is 49.8. The first-order chi connectivity index (χ1) is 41.0. The average molecular weight is 1210 g/mol. The van der Waals surface area contributed by atoms with Gasteiger partial charge in [0.25, 0.3) is 17.7 Å². The number of aromatic nitrogens is 6. The van der Waals surface area contributed by atoms with Crippen molar-refractivity contribution in [2.75, 3.05) is 26.7 Å². The third-order valence-electron chi connectivity index (χ3n) is 18.7. The largest absolute Gasteiger partial charge is 0.497 e. The second-order valence-electron chi connectivity index (χ2n) is 24.4. The van der Waals surface area contributed by atoms with E-state index < -0.39 is 12.2 Å². The van der Waals surface area contributed by atoms with Crippen LogP contribution in [0.2, 0.25) is 0 Å². The summed E-state index contributed by atoms with van der Waals surface area (Å²) in [6.07, 6.45) is 30.0. The number of hydrogen-bond donors (Lipinski definition) is 5. The van der Waals surface area contributed by atoms with Crippen LogP contribution in [0.3, 0.4) is 0 Å². The van der Waals surface area contributed by atoms with Gasteiger partial charge in [-0.3, -0.25) is 28.4 Å². The number of rotatable bonds is 16. The lowest BCUT2D eigenvalue weighted by Crippen LogP contribution is -2.31. The number of fused-ring (bicyclic) bond motifs is 3. The van der Waals surface area contributed by atoms with Gasteiger partial charge in [0.15, 0.2) is 17.1 Å². The number of halogens is 1. The van der Waals surface area contributed by atoms with Crippen molar-refractivity contribution < 1.29 is 29.3 Å². The van der Waals surface area contributed by atoms with Crippen LogP contribution >= 0.6 is 15.9 Å². The number of aliphatic hydroxyl groups excluding tert-OH is 2. The number of nitrogens with one attached hydrogen (secondary N) is 3. The zero-order valence-corrected chi connectivity index (χ0v) is 51.4. The maximum absolute atomic E-state index is 12.9. The highest BCUT2D eigenvalue weighted by Crippen LogP contribution is 2.36. The van der Waals surface area contributed by atoms with E-state index in [0.29, 0.717) is 35.1 Å². The lowest BCUT2D eigenvalue weighted by molar-refractivity contribution is 0.0903. The summed E-state index contributed by atoms with van der Waals surface area (Å²) in [6.45, 7) is 3.33. The number of carbonyl (C=O) groups is 3. The Balaban J connectivity index is 0.000000140. The van der Waals surface area contributed by atoms with Gasteiger partial charge >= 0.3 is 0 Å². The van der Waals surface area contributed by atoms with Crippen molar-refractivity contribution in [3.05, 3.63) is 151 Å². The first kappa shape index (κ1) is 61.0. The summed E-state index contributed by atoms with van der Waals surface area (Å²) in [4.78, 5) is 38.8. The minimum atomic E-state index is -0.763. The molecule has 3 aromatic carbocycles. The highest BCUT2D eigenvalue weighted by molar-refractivity contribution is 9.10. The number of methoxy groups -OCH3 is 1. The minimum absolute atomic E-state index is 0.0257. The second-order valence-corrected chi connectivity index (χ2v) is 25.4. The molecular weight excluding hydrogens is 1120 g/mol. The van der Waals surface area contributed by atoms with E-state index in [0.717, 1.165) is 122 Å². The molecule has 5 N–H and O–H groups in total. The zero-order chi connectivity index (χ0) is 58.4. The van der Waals surface area contributed by atoms with Crippen LogP contribution in [0.4, 0.5) is 0 Å². The lowest BCUT2D eigenvalue weighted by Gasteiger charge is -2.25. The van der Waals surface area contributed by atoms with Crippen LogP contribution in [-0.4, -0.2) is 84.0 Å². The maximum atomic E-state index is 12.9. The average Bonchev–Trinajstić information content (AvgIpc) is 4.40. The van der Waals surface area contributed by atoms with Gasteiger partial charge in [0, 0.05) is 57.9 Å². The van der Waals surface area contributed by atoms with Crippen LogP contribution in [0.15, 0.2) is 83.3 Å². The fourth-order valence-corrected chi connectivity index (χ4v) is 14.1. The monoisotopic (exact) mass is 1210 g/mol. The Kier molecular flexibility index (Phi) is 21.7. The molecule has 0 saturated heterocycles. The quantitative estimate of drug-likeness (QED) is 0.0628. The fraction of sp³-hybridized carbons (Fsp3) is 0.559. The van der Waals surface area contributed by atoms with Gasteiger partial charge in [0.2, 0.25) is 0 Å². The summed E-state index contributed by atoms with van der Waals surface area (Å²) < 4.78 is 12.6. The molecule has 450 valence electrons. The van der Waals surface area contributed by atoms with E-state index in [1.54, 1.807) is 7.11 Å². The molecule has 0 radical (unpaired) electrons. The van der Waals surface area contributed by atoms with E-state index >= 15 is 0 Å². The van der Waals surface area contributed by atoms with Crippen molar-refractivity contribution in [1.82, 2.24) is 45.3 Å². The molecule has 6 aromatic rings. The summed E-state index contributed by atoms with van der Waals surface area (Å²) in [7, 11) is 1.61. The fourth-order valence-electron chi connectivity index (χ4n) is 13.9. The number of ether oxygens (including phenoxy) is 1. The molecule has 6 aliphatic carbocycles. The van der Waals surface area contributed by atoms with E-state index in [2.05, 4.69) is 77.1 Å². The molecule has 12 rings (SSSR count). The van der Waals surface area contributed by atoms with Gasteiger partial charge in [-0.1, -0.05) is 128 Å². The summed E-state index contributed by atoms with van der Waals surface area (Å²) >= 11 is 3.40. The number of aliphatic hydroxyl groups is 2. The Hall–Kier alpha value is -6.10. The topological polar surface area (TPSA) is 190 Å². The van der Waals surface area contributed by atoms with Crippen molar-refractivity contribution in [1.29, 1.82) is 0 Å². The molecule has 3 atom stereocenters. The molecule has 6 aliphatic rings. The lowest BCUT2D eigenvalue weighted by atomic mass is 9.89. The Labute approximate surface area is 505 Å². The van der Waals surface area contributed by atoms with Crippen molar-refractivity contribution in [2.45, 2.75) is 211 Å². The van der Waals surface area contributed by atoms with Gasteiger partial charge < -0.3 is 30.9 Å².